The first kappa shape index (κ1) is 28.2. The van der Waals surface area contributed by atoms with Crippen molar-refractivity contribution in [2.45, 2.75) is 94.8 Å². The minimum absolute atomic E-state index is 0.0469. The number of carbonyl (C=O) groups is 1. The summed E-state index contributed by atoms with van der Waals surface area (Å²) < 4.78 is 5.21. The summed E-state index contributed by atoms with van der Waals surface area (Å²) in [6.45, 7) is 9.98. The van der Waals surface area contributed by atoms with Crippen LogP contribution in [0.3, 0.4) is 0 Å². The maximum Gasteiger partial charge on any atom is 0.335 e. The summed E-state index contributed by atoms with van der Waals surface area (Å²) in [6, 6.07) is 3.17. The fourth-order valence-corrected chi connectivity index (χ4v) is 9.95. The van der Waals surface area contributed by atoms with Crippen molar-refractivity contribution in [1.82, 2.24) is 20.9 Å². The van der Waals surface area contributed by atoms with Gasteiger partial charge in [0.25, 0.3) is 0 Å². The monoisotopic (exact) mass is 556 g/mol. The number of rotatable bonds is 5. The largest absolute Gasteiger partial charge is 0.431 e. The van der Waals surface area contributed by atoms with Crippen LogP contribution in [0.1, 0.15) is 83.1 Å². The highest BCUT2D eigenvalue weighted by Gasteiger charge is 2.69. The Morgan fingerprint density at radius 3 is 2.52 bits per heavy atom. The van der Waals surface area contributed by atoms with E-state index in [-0.39, 0.29) is 46.3 Å². The van der Waals surface area contributed by atoms with Crippen LogP contribution in [0, 0.1) is 22.7 Å². The highest BCUT2D eigenvalue weighted by molar-refractivity contribution is 5.74. The van der Waals surface area contributed by atoms with Gasteiger partial charge in [-0.05, 0) is 92.6 Å². The topological polar surface area (TPSA) is 127 Å². The first-order chi connectivity index (χ1) is 19.1. The van der Waals surface area contributed by atoms with Crippen LogP contribution in [0.2, 0.25) is 0 Å². The molecular weight excluding hydrogens is 508 g/mol. The molecule has 1 aromatic rings. The van der Waals surface area contributed by atoms with Gasteiger partial charge in [-0.2, -0.15) is 0 Å². The number of aliphatic hydroxyl groups is 2. The highest BCUT2D eigenvalue weighted by atomic mass is 16.4. The van der Waals surface area contributed by atoms with Crippen molar-refractivity contribution in [1.29, 1.82) is 0 Å². The predicted octanol–water partition coefficient (Wildman–Crippen LogP) is 2.57. The average Bonchev–Trinajstić information content (AvgIpc) is 3.21. The zero-order valence-electron chi connectivity index (χ0n) is 24.2. The third kappa shape index (κ3) is 4.52. The van der Waals surface area contributed by atoms with Crippen molar-refractivity contribution < 1.29 is 19.4 Å². The molecule has 5 fully saturated rings. The van der Waals surface area contributed by atoms with Gasteiger partial charge in [-0.25, -0.2) is 9.59 Å². The van der Waals surface area contributed by atoms with Gasteiger partial charge in [-0.3, -0.25) is 4.90 Å². The number of nitrogens with one attached hydrogen (secondary N) is 3. The van der Waals surface area contributed by atoms with E-state index in [2.05, 4.69) is 34.7 Å². The molecule has 0 bridgehead atoms. The predicted molar refractivity (Wildman–Crippen MR) is 152 cm³/mol. The quantitative estimate of drug-likeness (QED) is 0.377. The zero-order valence-corrected chi connectivity index (χ0v) is 24.2. The molecule has 2 amide bonds. The van der Waals surface area contributed by atoms with E-state index in [4.69, 9.17) is 4.42 Å². The molecular formula is C31H48N4O5. The number of piperazine rings is 1. The van der Waals surface area contributed by atoms with Crippen molar-refractivity contribution in [3.63, 3.8) is 0 Å². The van der Waals surface area contributed by atoms with Gasteiger partial charge < -0.3 is 30.6 Å². The van der Waals surface area contributed by atoms with Gasteiger partial charge >= 0.3 is 11.7 Å². The summed E-state index contributed by atoms with van der Waals surface area (Å²) in [7, 11) is 0. The lowest BCUT2D eigenvalue weighted by Gasteiger charge is -2.66. The van der Waals surface area contributed by atoms with E-state index in [0.717, 1.165) is 83.2 Å². The molecule has 2 heterocycles. The lowest BCUT2D eigenvalue weighted by Crippen LogP contribution is -2.68. The van der Waals surface area contributed by atoms with E-state index >= 15 is 0 Å². The Balaban J connectivity index is 1.11. The lowest BCUT2D eigenvalue weighted by molar-refractivity contribution is -0.247. The van der Waals surface area contributed by atoms with E-state index in [0.29, 0.717) is 19.4 Å². The molecule has 5 N–H and O–H groups in total. The van der Waals surface area contributed by atoms with E-state index in [1.54, 1.807) is 6.26 Å². The third-order valence-corrected chi connectivity index (χ3v) is 12.4. The zero-order chi connectivity index (χ0) is 28.2. The molecule has 9 heteroatoms. The standard InChI is InChI=1S/C31H48N4O5/c1-28-9-5-22(34-27(37)33-15-18-35-16-13-32-14-17-35)19-30(28,38)11-7-25-24(28)6-10-29(2)23(8-12-31(25,29)39)21-3-4-26(36)40-20-21/h3-4,20,22-25,32,38-39H,5-19H2,1-2H3,(H2,33,34,37)/t22-,23+,24-,25+,28?,29?,30-,31-/m0/s1. The molecule has 2 unspecified atom stereocenters. The second-order valence-electron chi connectivity index (χ2n) is 14.0. The molecule has 1 aliphatic heterocycles. The van der Waals surface area contributed by atoms with E-state index in [1.807, 2.05) is 6.07 Å². The van der Waals surface area contributed by atoms with E-state index in [1.165, 1.54) is 6.07 Å². The third-order valence-electron chi connectivity index (χ3n) is 12.4. The minimum Gasteiger partial charge on any atom is -0.431 e. The summed E-state index contributed by atoms with van der Waals surface area (Å²) in [5, 5.41) is 34.1. The second kappa shape index (κ2) is 10.4. The number of fused-ring (bicyclic) bond motifs is 5. The summed E-state index contributed by atoms with van der Waals surface area (Å²) in [6.07, 6.45) is 8.76. The average molecular weight is 557 g/mol. The minimum atomic E-state index is -0.851. The van der Waals surface area contributed by atoms with Gasteiger partial charge in [-0.15, -0.1) is 0 Å². The van der Waals surface area contributed by atoms with Crippen LogP contribution in [0.5, 0.6) is 0 Å². The molecule has 4 saturated carbocycles. The molecule has 6 rings (SSSR count). The van der Waals surface area contributed by atoms with Gasteiger partial charge in [0.15, 0.2) is 0 Å². The Morgan fingerprint density at radius 2 is 1.77 bits per heavy atom. The molecule has 0 spiro atoms. The molecule has 0 radical (unpaired) electrons. The molecule has 1 aromatic heterocycles. The molecule has 222 valence electrons. The maximum absolute atomic E-state index is 12.7. The SMILES string of the molecule is CC12CC[C@H](NC(=O)NCCN3CCNCC3)C[C@@]1(O)CC[C@@H]1[C@@H]2CCC2(C)[C@@H](c3ccc(=O)oc3)CC[C@]12O. The second-order valence-corrected chi connectivity index (χ2v) is 14.0. The molecule has 0 aromatic carbocycles. The Kier molecular flexibility index (Phi) is 7.33. The fraction of sp³-hybridized carbons (Fsp3) is 0.806. The number of urea groups is 1. The fourth-order valence-electron chi connectivity index (χ4n) is 9.95. The van der Waals surface area contributed by atoms with Crippen LogP contribution in [-0.2, 0) is 0 Å². The van der Waals surface area contributed by atoms with E-state index < -0.39 is 11.2 Å². The van der Waals surface area contributed by atoms with Crippen molar-refractivity contribution in [3.05, 3.63) is 34.4 Å². The van der Waals surface area contributed by atoms with Crippen LogP contribution in [0.15, 0.2) is 27.6 Å². The molecule has 5 aliphatic rings. The molecule has 8 atom stereocenters. The van der Waals surface area contributed by atoms with Crippen LogP contribution in [-0.4, -0.2) is 77.7 Å². The summed E-state index contributed by atoms with van der Waals surface area (Å²) in [5.74, 6) is 0.530. The van der Waals surface area contributed by atoms with E-state index in [9.17, 15) is 19.8 Å². The Labute approximate surface area is 237 Å². The number of carbonyl (C=O) groups excluding carboxylic acids is 1. The van der Waals surface area contributed by atoms with Crippen molar-refractivity contribution in [2.24, 2.45) is 22.7 Å². The first-order valence-corrected chi connectivity index (χ1v) is 15.6. The number of nitrogens with zero attached hydrogens (tertiary/aromatic N) is 1. The number of hydrogen-bond acceptors (Lipinski definition) is 7. The normalized spacial score (nSPS) is 43.3. The van der Waals surface area contributed by atoms with Crippen LogP contribution < -0.4 is 21.6 Å². The van der Waals surface area contributed by atoms with Gasteiger partial charge in [0.05, 0.1) is 17.5 Å². The van der Waals surface area contributed by atoms with Gasteiger partial charge in [0.1, 0.15) is 0 Å². The summed E-state index contributed by atoms with van der Waals surface area (Å²) >= 11 is 0. The lowest BCUT2D eigenvalue weighted by atomic mass is 9.42. The molecule has 40 heavy (non-hydrogen) atoms. The Hall–Kier alpha value is -1.94. The first-order valence-electron chi connectivity index (χ1n) is 15.6. The van der Waals surface area contributed by atoms with Crippen LogP contribution >= 0.6 is 0 Å². The van der Waals surface area contributed by atoms with Crippen molar-refractivity contribution in [2.75, 3.05) is 39.3 Å². The van der Waals surface area contributed by atoms with Gasteiger partial charge in [0.2, 0.25) is 0 Å². The van der Waals surface area contributed by atoms with Gasteiger partial charge in [-0.1, -0.05) is 13.8 Å². The maximum atomic E-state index is 12.7. The molecule has 1 saturated heterocycles. The summed E-state index contributed by atoms with van der Waals surface area (Å²) in [4.78, 5) is 26.6. The molecule has 9 nitrogen and oxygen atoms in total. The smallest absolute Gasteiger partial charge is 0.335 e. The summed E-state index contributed by atoms with van der Waals surface area (Å²) in [5.41, 5.74) is -1.57. The Bertz CT molecular complexity index is 1130. The number of hydrogen-bond donors (Lipinski definition) is 5. The highest BCUT2D eigenvalue weighted by Crippen LogP contribution is 2.71. The van der Waals surface area contributed by atoms with Crippen LogP contribution in [0.25, 0.3) is 0 Å². The van der Waals surface area contributed by atoms with Crippen LogP contribution in [0.4, 0.5) is 4.79 Å². The van der Waals surface area contributed by atoms with Crippen molar-refractivity contribution >= 4 is 6.03 Å². The van der Waals surface area contributed by atoms with Gasteiger partial charge in [0, 0.05) is 56.8 Å². The van der Waals surface area contributed by atoms with Crippen molar-refractivity contribution in [3.8, 4) is 0 Å². The number of amides is 2. The Morgan fingerprint density at radius 1 is 1.02 bits per heavy atom. The molecule has 4 aliphatic carbocycles.